The first kappa shape index (κ1) is 23.5. The number of nitrogens with zero attached hydrogens (tertiary/aromatic N) is 1. The van der Waals surface area contributed by atoms with Gasteiger partial charge < -0.3 is 9.64 Å². The molecule has 1 heterocycles. The number of thioether (sulfide) groups is 1. The van der Waals surface area contributed by atoms with Crippen LogP contribution in [0, 0.1) is 0 Å². The molecule has 3 nitrogen and oxygen atoms in total. The Morgan fingerprint density at radius 3 is 2.52 bits per heavy atom. The zero-order valence-electron chi connectivity index (χ0n) is 17.9. The van der Waals surface area contributed by atoms with Crippen molar-refractivity contribution in [3.8, 4) is 11.5 Å². The van der Waals surface area contributed by atoms with Gasteiger partial charge in [-0.15, -0.1) is 0 Å². The number of fused-ring (bicyclic) bond motifs is 1. The number of halogens is 3. The van der Waals surface area contributed by atoms with Crippen LogP contribution in [-0.2, 0) is 17.4 Å². The van der Waals surface area contributed by atoms with E-state index in [4.69, 9.17) is 4.74 Å². The number of carbonyl (C=O) groups is 1. The molecule has 1 amide bonds. The van der Waals surface area contributed by atoms with Gasteiger partial charge >= 0.3 is 6.18 Å². The molecule has 7 heteroatoms. The van der Waals surface area contributed by atoms with Crippen LogP contribution < -0.4 is 4.74 Å². The Hall–Kier alpha value is -2.15. The molecule has 0 aliphatic carbocycles. The van der Waals surface area contributed by atoms with Crippen molar-refractivity contribution >= 4 is 17.7 Å². The molecule has 0 radical (unpaired) electrons. The maximum atomic E-state index is 12.8. The quantitative estimate of drug-likeness (QED) is 0.439. The highest BCUT2D eigenvalue weighted by Crippen LogP contribution is 2.37. The molecule has 0 N–H and O–H groups in total. The summed E-state index contributed by atoms with van der Waals surface area (Å²) >= 11 is 1.67. The van der Waals surface area contributed by atoms with Crippen LogP contribution in [0.25, 0.3) is 0 Å². The molecular formula is C24H28F3NO2S. The normalized spacial score (nSPS) is 16.2. The summed E-state index contributed by atoms with van der Waals surface area (Å²) in [6.45, 7) is 2.85. The lowest BCUT2D eigenvalue weighted by molar-refractivity contribution is -0.137. The van der Waals surface area contributed by atoms with Gasteiger partial charge in [0, 0.05) is 18.7 Å². The van der Waals surface area contributed by atoms with Crippen molar-refractivity contribution in [3.05, 3.63) is 59.2 Å². The van der Waals surface area contributed by atoms with Crippen molar-refractivity contribution < 1.29 is 22.7 Å². The highest BCUT2D eigenvalue weighted by molar-refractivity contribution is 7.98. The molecule has 1 aliphatic rings. The first-order chi connectivity index (χ1) is 14.8. The number of carbonyl (C=O) groups excluding carboxylic acids is 1. The van der Waals surface area contributed by atoms with Crippen LogP contribution >= 0.6 is 11.8 Å². The Kier molecular flexibility index (Phi) is 7.92. The van der Waals surface area contributed by atoms with E-state index in [1.807, 2.05) is 29.4 Å². The molecule has 2 aromatic carbocycles. The van der Waals surface area contributed by atoms with E-state index >= 15 is 0 Å². The molecular weight excluding hydrogens is 423 g/mol. The zero-order chi connectivity index (χ0) is 22.4. The highest BCUT2D eigenvalue weighted by atomic mass is 32.2. The SMILES string of the molecule is CCCC[C@@H]1c2cc(Oc3ccc(C(F)(F)F)cc3)ccc2CCN1C(=O)CCSC. The largest absolute Gasteiger partial charge is 0.457 e. The molecule has 0 aromatic heterocycles. The van der Waals surface area contributed by atoms with Gasteiger partial charge in [0.1, 0.15) is 11.5 Å². The van der Waals surface area contributed by atoms with Gasteiger partial charge in [-0.3, -0.25) is 4.79 Å². The first-order valence-electron chi connectivity index (χ1n) is 10.6. The smallest absolute Gasteiger partial charge is 0.416 e. The topological polar surface area (TPSA) is 29.5 Å². The van der Waals surface area contributed by atoms with E-state index in [2.05, 4.69) is 6.92 Å². The van der Waals surface area contributed by atoms with E-state index in [1.54, 1.807) is 11.8 Å². The van der Waals surface area contributed by atoms with Gasteiger partial charge in [-0.2, -0.15) is 24.9 Å². The van der Waals surface area contributed by atoms with Crippen molar-refractivity contribution in [2.75, 3.05) is 18.6 Å². The van der Waals surface area contributed by atoms with E-state index in [0.717, 1.165) is 49.1 Å². The third-order valence-corrected chi connectivity index (χ3v) is 6.18. The molecule has 0 spiro atoms. The number of ether oxygens (including phenoxy) is 1. The summed E-state index contributed by atoms with van der Waals surface area (Å²) in [7, 11) is 0. The van der Waals surface area contributed by atoms with Gasteiger partial charge in [0.05, 0.1) is 11.6 Å². The van der Waals surface area contributed by atoms with E-state index in [0.29, 0.717) is 24.5 Å². The van der Waals surface area contributed by atoms with E-state index in [-0.39, 0.29) is 11.9 Å². The maximum absolute atomic E-state index is 12.8. The molecule has 31 heavy (non-hydrogen) atoms. The van der Waals surface area contributed by atoms with Crippen molar-refractivity contribution in [2.45, 2.75) is 51.2 Å². The fourth-order valence-corrected chi connectivity index (χ4v) is 4.31. The molecule has 168 valence electrons. The van der Waals surface area contributed by atoms with Crippen LogP contribution in [0.2, 0.25) is 0 Å². The van der Waals surface area contributed by atoms with Gasteiger partial charge in [-0.05, 0) is 66.6 Å². The molecule has 2 aromatic rings. The molecule has 0 unspecified atom stereocenters. The number of amides is 1. The van der Waals surface area contributed by atoms with Crippen LogP contribution in [0.15, 0.2) is 42.5 Å². The Bertz CT molecular complexity index is 883. The number of benzene rings is 2. The summed E-state index contributed by atoms with van der Waals surface area (Å²) < 4.78 is 44.2. The summed E-state index contributed by atoms with van der Waals surface area (Å²) in [6, 6.07) is 10.5. The molecule has 0 bridgehead atoms. The van der Waals surface area contributed by atoms with Crippen molar-refractivity contribution in [2.24, 2.45) is 0 Å². The minimum atomic E-state index is -4.37. The van der Waals surface area contributed by atoms with E-state index in [9.17, 15) is 18.0 Å². The molecule has 0 saturated carbocycles. The van der Waals surface area contributed by atoms with Crippen molar-refractivity contribution in [3.63, 3.8) is 0 Å². The first-order valence-corrected chi connectivity index (χ1v) is 12.0. The highest BCUT2D eigenvalue weighted by Gasteiger charge is 2.31. The predicted molar refractivity (Wildman–Crippen MR) is 119 cm³/mol. The van der Waals surface area contributed by atoms with Crippen molar-refractivity contribution in [1.82, 2.24) is 4.90 Å². The Morgan fingerprint density at radius 1 is 1.16 bits per heavy atom. The summed E-state index contributed by atoms with van der Waals surface area (Å²) in [5, 5.41) is 0. The van der Waals surface area contributed by atoms with Crippen LogP contribution in [0.5, 0.6) is 11.5 Å². The van der Waals surface area contributed by atoms with Gasteiger partial charge in [-0.1, -0.05) is 25.8 Å². The van der Waals surface area contributed by atoms with Crippen LogP contribution in [0.3, 0.4) is 0 Å². The average molecular weight is 452 g/mol. The molecule has 1 atom stereocenters. The van der Waals surface area contributed by atoms with Crippen LogP contribution in [0.4, 0.5) is 13.2 Å². The minimum absolute atomic E-state index is 0.00853. The third kappa shape index (κ3) is 5.97. The van der Waals surface area contributed by atoms with Gasteiger partial charge in [0.2, 0.25) is 5.91 Å². The van der Waals surface area contributed by atoms with E-state index in [1.165, 1.54) is 17.7 Å². The van der Waals surface area contributed by atoms with Crippen LogP contribution in [-0.4, -0.2) is 29.4 Å². The standard InChI is InChI=1S/C24H28F3NO2S/c1-3-4-5-22-21-16-20(30-19-10-7-18(8-11-19)24(25,26)27)9-6-17(21)12-14-28(22)23(29)13-15-31-2/h6-11,16,22H,3-5,12-15H2,1-2H3/t22-/m1/s1. The van der Waals surface area contributed by atoms with Gasteiger partial charge in [0.15, 0.2) is 0 Å². The van der Waals surface area contributed by atoms with Gasteiger partial charge in [-0.25, -0.2) is 0 Å². The Morgan fingerprint density at radius 2 is 1.87 bits per heavy atom. The second-order valence-electron chi connectivity index (χ2n) is 7.72. The number of rotatable bonds is 8. The monoisotopic (exact) mass is 451 g/mol. The lowest BCUT2D eigenvalue weighted by Crippen LogP contribution is -2.40. The molecule has 1 aliphatic heterocycles. The lowest BCUT2D eigenvalue weighted by atomic mass is 9.89. The summed E-state index contributed by atoms with van der Waals surface area (Å²) in [4.78, 5) is 14.8. The molecule has 0 fully saturated rings. The summed E-state index contributed by atoms with van der Waals surface area (Å²) in [6.07, 6.45) is 1.89. The fraction of sp³-hybridized carbons (Fsp3) is 0.458. The second kappa shape index (κ2) is 10.4. The number of hydrogen-bond donors (Lipinski definition) is 0. The van der Waals surface area contributed by atoms with Gasteiger partial charge in [0.25, 0.3) is 0 Å². The summed E-state index contributed by atoms with van der Waals surface area (Å²) in [5.41, 5.74) is 1.58. The minimum Gasteiger partial charge on any atom is -0.457 e. The lowest BCUT2D eigenvalue weighted by Gasteiger charge is -2.38. The maximum Gasteiger partial charge on any atom is 0.416 e. The number of hydrogen-bond acceptors (Lipinski definition) is 3. The molecule has 3 rings (SSSR count). The third-order valence-electron chi connectivity index (χ3n) is 5.56. The summed E-state index contributed by atoms with van der Waals surface area (Å²) in [5.74, 6) is 1.90. The van der Waals surface area contributed by atoms with Crippen LogP contribution in [0.1, 0.15) is 55.3 Å². The predicted octanol–water partition coefficient (Wildman–Crippen LogP) is 6.87. The zero-order valence-corrected chi connectivity index (χ0v) is 18.7. The Labute approximate surface area is 186 Å². The second-order valence-corrected chi connectivity index (χ2v) is 8.71. The fourth-order valence-electron chi connectivity index (χ4n) is 3.93. The number of unbranched alkanes of at least 4 members (excludes halogenated alkanes) is 1. The van der Waals surface area contributed by atoms with E-state index < -0.39 is 11.7 Å². The number of alkyl halides is 3. The Balaban J connectivity index is 1.83. The van der Waals surface area contributed by atoms with Crippen molar-refractivity contribution in [1.29, 1.82) is 0 Å². The molecule has 0 saturated heterocycles. The average Bonchev–Trinajstić information content (AvgIpc) is 2.75.